The van der Waals surface area contributed by atoms with Crippen molar-refractivity contribution in [3.8, 4) is 0 Å². The molecule has 0 unspecified atom stereocenters. The van der Waals surface area contributed by atoms with E-state index in [1.807, 2.05) is 0 Å². The van der Waals surface area contributed by atoms with Gasteiger partial charge in [0.05, 0.1) is 6.20 Å². The highest BCUT2D eigenvalue weighted by molar-refractivity contribution is 5.64. The van der Waals surface area contributed by atoms with E-state index in [9.17, 15) is 4.39 Å². The lowest BCUT2D eigenvalue weighted by atomic mass is 10.2. The molecule has 2 nitrogen and oxygen atoms in total. The fourth-order valence-corrected chi connectivity index (χ4v) is 0.668. The molecule has 0 fully saturated rings. The first-order chi connectivity index (χ1) is 4.75. The van der Waals surface area contributed by atoms with Crippen molar-refractivity contribution >= 4 is 11.9 Å². The smallest absolute Gasteiger partial charge is 0.141 e. The summed E-state index contributed by atoms with van der Waals surface area (Å²) in [6.45, 7) is 6.60. The van der Waals surface area contributed by atoms with E-state index in [2.05, 4.69) is 23.4 Å². The second-order valence-corrected chi connectivity index (χ2v) is 1.81. The third kappa shape index (κ3) is 0.978. The van der Waals surface area contributed by atoms with Crippen molar-refractivity contribution in [3.05, 3.63) is 30.6 Å². The van der Waals surface area contributed by atoms with Crippen LogP contribution in [0, 0.1) is 0 Å². The molecular formula is C7H7FN2. The lowest BCUT2D eigenvalue weighted by molar-refractivity contribution is 0.753. The molecular weight excluding hydrogens is 131 g/mol. The Hall–Kier alpha value is -1.38. The quantitative estimate of drug-likeness (QED) is 0.665. The van der Waals surface area contributed by atoms with Crippen LogP contribution in [-0.2, 0) is 0 Å². The van der Waals surface area contributed by atoms with E-state index < -0.39 is 5.83 Å². The van der Waals surface area contributed by atoms with Crippen molar-refractivity contribution in [2.24, 2.45) is 0 Å². The summed E-state index contributed by atoms with van der Waals surface area (Å²) in [6, 6.07) is 0. The van der Waals surface area contributed by atoms with Gasteiger partial charge in [-0.05, 0) is 0 Å². The van der Waals surface area contributed by atoms with Gasteiger partial charge in [-0.2, -0.15) is 5.10 Å². The standard InChI is InChI=1S/C7H7FN2/c1-3-6-4-9-10-7(6)5(2)8/h3-4H,1-2H2,(H,9,10). The molecule has 1 aromatic rings. The zero-order valence-corrected chi connectivity index (χ0v) is 5.39. The zero-order valence-electron chi connectivity index (χ0n) is 5.39. The molecule has 0 radical (unpaired) electrons. The monoisotopic (exact) mass is 138 g/mol. The molecule has 0 aliphatic heterocycles. The van der Waals surface area contributed by atoms with Crippen LogP contribution in [-0.4, -0.2) is 10.2 Å². The molecule has 10 heavy (non-hydrogen) atoms. The van der Waals surface area contributed by atoms with Crippen LogP contribution in [0.1, 0.15) is 11.3 Å². The van der Waals surface area contributed by atoms with Crippen LogP contribution < -0.4 is 0 Å². The first kappa shape index (κ1) is 6.74. The summed E-state index contributed by atoms with van der Waals surface area (Å²) in [5.41, 5.74) is 0.933. The highest BCUT2D eigenvalue weighted by atomic mass is 19.1. The molecule has 1 heterocycles. The third-order valence-electron chi connectivity index (χ3n) is 1.16. The molecule has 0 aliphatic rings. The van der Waals surface area contributed by atoms with E-state index in [1.165, 1.54) is 12.3 Å². The Kier molecular flexibility index (Phi) is 1.67. The van der Waals surface area contributed by atoms with Gasteiger partial charge in [-0.3, -0.25) is 5.10 Å². The summed E-state index contributed by atoms with van der Waals surface area (Å²) in [4.78, 5) is 0. The summed E-state index contributed by atoms with van der Waals surface area (Å²) in [7, 11) is 0. The van der Waals surface area contributed by atoms with Crippen LogP contribution in [0.15, 0.2) is 19.4 Å². The van der Waals surface area contributed by atoms with Crippen molar-refractivity contribution in [2.45, 2.75) is 0 Å². The normalized spacial score (nSPS) is 9.30. The molecule has 1 N–H and O–H groups in total. The summed E-state index contributed by atoms with van der Waals surface area (Å²) in [5.74, 6) is -0.521. The molecule has 0 saturated carbocycles. The number of nitrogens with one attached hydrogen (secondary N) is 1. The average molecular weight is 138 g/mol. The molecule has 1 rings (SSSR count). The van der Waals surface area contributed by atoms with E-state index in [0.29, 0.717) is 11.3 Å². The van der Waals surface area contributed by atoms with Gasteiger partial charge in [0.2, 0.25) is 0 Å². The van der Waals surface area contributed by atoms with Crippen LogP contribution in [0.2, 0.25) is 0 Å². The van der Waals surface area contributed by atoms with Gasteiger partial charge in [0, 0.05) is 5.56 Å². The predicted octanol–water partition coefficient (Wildman–Crippen LogP) is 1.99. The third-order valence-corrected chi connectivity index (χ3v) is 1.16. The van der Waals surface area contributed by atoms with Crippen LogP contribution in [0.5, 0.6) is 0 Å². The molecule has 1 aromatic heterocycles. The van der Waals surface area contributed by atoms with Crippen LogP contribution >= 0.6 is 0 Å². The number of aromatic nitrogens is 2. The van der Waals surface area contributed by atoms with Gasteiger partial charge < -0.3 is 0 Å². The molecule has 0 bridgehead atoms. The Morgan fingerprint density at radius 1 is 1.80 bits per heavy atom. The highest BCUT2D eigenvalue weighted by Crippen LogP contribution is 2.15. The van der Waals surface area contributed by atoms with Crippen LogP contribution in [0.25, 0.3) is 11.9 Å². The van der Waals surface area contributed by atoms with Crippen molar-refractivity contribution in [1.29, 1.82) is 0 Å². The topological polar surface area (TPSA) is 28.7 Å². The largest absolute Gasteiger partial charge is 0.275 e. The van der Waals surface area contributed by atoms with Gasteiger partial charge in [-0.1, -0.05) is 19.2 Å². The minimum absolute atomic E-state index is 0.301. The number of hydrogen-bond donors (Lipinski definition) is 1. The second-order valence-electron chi connectivity index (χ2n) is 1.81. The lowest BCUT2D eigenvalue weighted by Gasteiger charge is -1.89. The van der Waals surface area contributed by atoms with E-state index in [1.54, 1.807) is 0 Å². The van der Waals surface area contributed by atoms with Crippen molar-refractivity contribution < 1.29 is 4.39 Å². The Balaban J connectivity index is 3.13. The van der Waals surface area contributed by atoms with Gasteiger partial charge in [0.15, 0.2) is 0 Å². The van der Waals surface area contributed by atoms with Crippen LogP contribution in [0.4, 0.5) is 4.39 Å². The molecule has 0 aromatic carbocycles. The Labute approximate surface area is 58.1 Å². The molecule has 3 heteroatoms. The first-order valence-electron chi connectivity index (χ1n) is 2.76. The number of aromatic amines is 1. The maximum Gasteiger partial charge on any atom is 0.141 e. The summed E-state index contributed by atoms with van der Waals surface area (Å²) < 4.78 is 12.4. The van der Waals surface area contributed by atoms with E-state index >= 15 is 0 Å². The molecule has 0 saturated heterocycles. The summed E-state index contributed by atoms with van der Waals surface area (Å²) in [5, 5.41) is 6.08. The molecule has 0 atom stereocenters. The first-order valence-corrected chi connectivity index (χ1v) is 2.76. The molecule has 0 amide bonds. The van der Waals surface area contributed by atoms with Gasteiger partial charge in [0.1, 0.15) is 11.5 Å². The second kappa shape index (κ2) is 2.47. The number of H-pyrrole nitrogens is 1. The molecule has 0 aliphatic carbocycles. The van der Waals surface area contributed by atoms with Gasteiger partial charge in [-0.15, -0.1) is 0 Å². The molecule has 0 spiro atoms. The number of rotatable bonds is 2. The Bertz CT molecular complexity index is 262. The fraction of sp³-hybridized carbons (Fsp3) is 0. The fourth-order valence-electron chi connectivity index (χ4n) is 0.668. The SMILES string of the molecule is C=Cc1cn[nH]c1C(=C)F. The Morgan fingerprint density at radius 3 is 2.90 bits per heavy atom. The van der Waals surface area contributed by atoms with E-state index in [-0.39, 0.29) is 0 Å². The average Bonchev–Trinajstić information content (AvgIpc) is 2.33. The minimum Gasteiger partial charge on any atom is -0.275 e. The van der Waals surface area contributed by atoms with Gasteiger partial charge in [-0.25, -0.2) is 4.39 Å². The minimum atomic E-state index is -0.521. The van der Waals surface area contributed by atoms with Gasteiger partial charge >= 0.3 is 0 Å². The van der Waals surface area contributed by atoms with Crippen molar-refractivity contribution in [3.63, 3.8) is 0 Å². The lowest BCUT2D eigenvalue weighted by Crippen LogP contribution is -1.78. The summed E-state index contributed by atoms with van der Waals surface area (Å²) in [6.07, 6.45) is 3.01. The molecule has 52 valence electrons. The maximum absolute atomic E-state index is 12.4. The van der Waals surface area contributed by atoms with E-state index in [0.717, 1.165) is 0 Å². The highest BCUT2D eigenvalue weighted by Gasteiger charge is 2.03. The number of halogens is 1. The van der Waals surface area contributed by atoms with Gasteiger partial charge in [0.25, 0.3) is 0 Å². The van der Waals surface area contributed by atoms with E-state index in [4.69, 9.17) is 0 Å². The number of hydrogen-bond acceptors (Lipinski definition) is 1. The zero-order chi connectivity index (χ0) is 7.56. The summed E-state index contributed by atoms with van der Waals surface area (Å²) >= 11 is 0. The van der Waals surface area contributed by atoms with Crippen LogP contribution in [0.3, 0.4) is 0 Å². The van der Waals surface area contributed by atoms with Crippen molar-refractivity contribution in [2.75, 3.05) is 0 Å². The Morgan fingerprint density at radius 2 is 2.50 bits per heavy atom. The van der Waals surface area contributed by atoms with Crippen molar-refractivity contribution in [1.82, 2.24) is 10.2 Å². The maximum atomic E-state index is 12.4. The number of nitrogens with zero attached hydrogens (tertiary/aromatic N) is 1. The predicted molar refractivity (Wildman–Crippen MR) is 38.8 cm³/mol.